The van der Waals surface area contributed by atoms with Crippen LogP contribution in [0.5, 0.6) is 0 Å². The van der Waals surface area contributed by atoms with Gasteiger partial charge in [-0.3, -0.25) is 10.1 Å². The van der Waals surface area contributed by atoms with E-state index in [1.54, 1.807) is 31.3 Å². The Morgan fingerprint density at radius 3 is 3.00 bits per heavy atom. The van der Waals surface area contributed by atoms with Gasteiger partial charge in [-0.15, -0.1) is 0 Å². The Morgan fingerprint density at radius 1 is 1.56 bits per heavy atom. The number of amides is 1. The third-order valence-electron chi connectivity index (χ3n) is 1.84. The first-order valence-electron chi connectivity index (χ1n) is 4.52. The molecule has 2 aromatic rings. The molecule has 0 atom stereocenters. The fourth-order valence-corrected chi connectivity index (χ4v) is 1.58. The highest BCUT2D eigenvalue weighted by atomic mass is 79.9. The SMILES string of the molecule is Cc1cc(NC(=O)c2ncccc2Br)on1. The van der Waals surface area contributed by atoms with Gasteiger partial charge in [-0.1, -0.05) is 5.16 Å². The van der Waals surface area contributed by atoms with E-state index in [4.69, 9.17) is 4.52 Å². The Morgan fingerprint density at radius 2 is 2.38 bits per heavy atom. The Balaban J connectivity index is 2.18. The van der Waals surface area contributed by atoms with Crippen molar-refractivity contribution >= 4 is 27.7 Å². The van der Waals surface area contributed by atoms with E-state index < -0.39 is 0 Å². The molecule has 6 heteroatoms. The predicted octanol–water partition coefficient (Wildman–Crippen LogP) is 2.39. The van der Waals surface area contributed by atoms with E-state index >= 15 is 0 Å². The van der Waals surface area contributed by atoms with Crippen LogP contribution in [0.15, 0.2) is 33.4 Å². The molecule has 1 N–H and O–H groups in total. The molecule has 82 valence electrons. The lowest BCUT2D eigenvalue weighted by Gasteiger charge is -2.01. The van der Waals surface area contributed by atoms with Crippen LogP contribution in [-0.2, 0) is 0 Å². The zero-order valence-corrected chi connectivity index (χ0v) is 9.98. The molecule has 0 aliphatic rings. The highest BCUT2D eigenvalue weighted by Crippen LogP contribution is 2.15. The summed E-state index contributed by atoms with van der Waals surface area (Å²) in [5.41, 5.74) is 1.01. The molecule has 0 saturated carbocycles. The molecule has 1 amide bonds. The topological polar surface area (TPSA) is 68.0 Å². The first kappa shape index (κ1) is 10.8. The number of halogens is 1. The fourth-order valence-electron chi connectivity index (χ4n) is 1.15. The van der Waals surface area contributed by atoms with E-state index in [1.165, 1.54) is 0 Å². The Labute approximate surface area is 100.0 Å². The van der Waals surface area contributed by atoms with Gasteiger partial charge in [0.15, 0.2) is 0 Å². The smallest absolute Gasteiger partial charge is 0.277 e. The maximum atomic E-state index is 11.8. The van der Waals surface area contributed by atoms with Gasteiger partial charge in [-0.05, 0) is 35.0 Å². The maximum Gasteiger partial charge on any atom is 0.277 e. The van der Waals surface area contributed by atoms with E-state index in [2.05, 4.69) is 31.4 Å². The van der Waals surface area contributed by atoms with Crippen molar-refractivity contribution in [2.45, 2.75) is 6.92 Å². The van der Waals surface area contributed by atoms with Gasteiger partial charge in [0.1, 0.15) is 5.69 Å². The average Bonchev–Trinajstić information content (AvgIpc) is 2.64. The number of nitrogens with zero attached hydrogens (tertiary/aromatic N) is 2. The lowest BCUT2D eigenvalue weighted by Crippen LogP contribution is -2.13. The zero-order chi connectivity index (χ0) is 11.5. The molecule has 0 bridgehead atoms. The van der Waals surface area contributed by atoms with Gasteiger partial charge < -0.3 is 4.52 Å². The van der Waals surface area contributed by atoms with Gasteiger partial charge in [0.25, 0.3) is 5.91 Å². The van der Waals surface area contributed by atoms with Gasteiger partial charge in [-0.2, -0.15) is 0 Å². The lowest BCUT2D eigenvalue weighted by molar-refractivity contribution is 0.101. The second kappa shape index (κ2) is 4.44. The van der Waals surface area contributed by atoms with Crippen molar-refractivity contribution in [1.29, 1.82) is 0 Å². The van der Waals surface area contributed by atoms with E-state index in [9.17, 15) is 4.79 Å². The maximum absolute atomic E-state index is 11.8. The molecular weight excluding hydrogens is 274 g/mol. The number of carbonyl (C=O) groups is 1. The number of nitrogens with one attached hydrogen (secondary N) is 1. The zero-order valence-electron chi connectivity index (χ0n) is 8.40. The summed E-state index contributed by atoms with van der Waals surface area (Å²) in [5.74, 6) is -0.0383. The van der Waals surface area contributed by atoms with Crippen LogP contribution in [0.25, 0.3) is 0 Å². The van der Waals surface area contributed by atoms with E-state index in [1.807, 2.05) is 0 Å². The summed E-state index contributed by atoms with van der Waals surface area (Å²) >= 11 is 3.25. The summed E-state index contributed by atoms with van der Waals surface area (Å²) in [7, 11) is 0. The summed E-state index contributed by atoms with van der Waals surface area (Å²) in [6, 6.07) is 5.11. The molecule has 5 nitrogen and oxygen atoms in total. The number of anilines is 1. The molecule has 0 saturated heterocycles. The van der Waals surface area contributed by atoms with Crippen LogP contribution in [0.2, 0.25) is 0 Å². The van der Waals surface area contributed by atoms with Crippen molar-refractivity contribution in [3.63, 3.8) is 0 Å². The second-order valence-electron chi connectivity index (χ2n) is 3.12. The van der Waals surface area contributed by atoms with Crippen LogP contribution in [-0.4, -0.2) is 16.0 Å². The molecule has 2 aromatic heterocycles. The number of aromatic nitrogens is 2. The molecule has 0 radical (unpaired) electrons. The summed E-state index contributed by atoms with van der Waals surface area (Å²) in [6.07, 6.45) is 1.55. The van der Waals surface area contributed by atoms with Crippen LogP contribution in [0.1, 0.15) is 16.2 Å². The fraction of sp³-hybridized carbons (Fsp3) is 0.100. The van der Waals surface area contributed by atoms with Crippen molar-refractivity contribution in [2.75, 3.05) is 5.32 Å². The van der Waals surface area contributed by atoms with Crippen LogP contribution in [0.4, 0.5) is 5.88 Å². The molecule has 2 heterocycles. The van der Waals surface area contributed by atoms with Crippen molar-refractivity contribution in [1.82, 2.24) is 10.1 Å². The van der Waals surface area contributed by atoms with Gasteiger partial charge >= 0.3 is 0 Å². The third kappa shape index (κ3) is 2.27. The molecular formula is C10H8BrN3O2. The van der Waals surface area contributed by atoms with Crippen molar-refractivity contribution in [3.05, 3.63) is 40.3 Å². The minimum Gasteiger partial charge on any atom is -0.338 e. The number of aryl methyl sites for hydroxylation is 1. The first-order chi connectivity index (χ1) is 7.66. The largest absolute Gasteiger partial charge is 0.338 e. The summed E-state index contributed by atoms with van der Waals surface area (Å²) < 4.78 is 5.50. The van der Waals surface area contributed by atoms with Gasteiger partial charge in [0.05, 0.1) is 5.69 Å². The van der Waals surface area contributed by atoms with Gasteiger partial charge in [0, 0.05) is 16.7 Å². The van der Waals surface area contributed by atoms with Crippen molar-refractivity contribution < 1.29 is 9.32 Å². The minimum absolute atomic E-state index is 0.302. The molecule has 0 aliphatic heterocycles. The van der Waals surface area contributed by atoms with Crippen LogP contribution >= 0.6 is 15.9 Å². The second-order valence-corrected chi connectivity index (χ2v) is 3.97. The molecule has 0 fully saturated rings. The Bertz CT molecular complexity index is 524. The summed E-state index contributed by atoms with van der Waals surface area (Å²) in [4.78, 5) is 15.7. The van der Waals surface area contributed by atoms with Crippen LogP contribution in [0, 0.1) is 6.92 Å². The highest BCUT2D eigenvalue weighted by molar-refractivity contribution is 9.10. The third-order valence-corrected chi connectivity index (χ3v) is 2.48. The molecule has 0 aromatic carbocycles. The Hall–Kier alpha value is -1.69. The van der Waals surface area contributed by atoms with Crippen molar-refractivity contribution in [2.24, 2.45) is 0 Å². The van der Waals surface area contributed by atoms with Crippen molar-refractivity contribution in [3.8, 4) is 0 Å². The van der Waals surface area contributed by atoms with E-state index in [0.717, 1.165) is 0 Å². The molecule has 0 aliphatic carbocycles. The number of carbonyl (C=O) groups excluding carboxylic acids is 1. The molecule has 0 unspecified atom stereocenters. The van der Waals surface area contributed by atoms with Gasteiger partial charge in [0.2, 0.25) is 5.88 Å². The van der Waals surface area contributed by atoms with Crippen LogP contribution in [0.3, 0.4) is 0 Å². The molecule has 0 spiro atoms. The number of rotatable bonds is 2. The Kier molecular flexibility index (Phi) is 3.00. The lowest BCUT2D eigenvalue weighted by atomic mass is 10.3. The normalized spacial score (nSPS) is 10.1. The average molecular weight is 282 g/mol. The monoisotopic (exact) mass is 281 g/mol. The van der Waals surface area contributed by atoms with E-state index in [-0.39, 0.29) is 5.91 Å². The molecule has 2 rings (SSSR count). The quantitative estimate of drug-likeness (QED) is 0.918. The standard InChI is InChI=1S/C10H8BrN3O2/c1-6-5-8(16-14-6)13-10(15)9-7(11)3-2-4-12-9/h2-5H,1H3,(H,13,15). The van der Waals surface area contributed by atoms with E-state index in [0.29, 0.717) is 21.7 Å². The van der Waals surface area contributed by atoms with Crippen LogP contribution < -0.4 is 5.32 Å². The number of pyridine rings is 1. The molecule has 16 heavy (non-hydrogen) atoms. The number of hydrogen-bond acceptors (Lipinski definition) is 4. The summed E-state index contributed by atoms with van der Waals surface area (Å²) in [5, 5.41) is 6.22. The first-order valence-corrected chi connectivity index (χ1v) is 5.31. The minimum atomic E-state index is -0.344. The number of hydrogen-bond donors (Lipinski definition) is 1. The summed E-state index contributed by atoms with van der Waals surface area (Å²) in [6.45, 7) is 1.77. The van der Waals surface area contributed by atoms with Gasteiger partial charge in [-0.25, -0.2) is 4.98 Å². The predicted molar refractivity (Wildman–Crippen MR) is 61.1 cm³/mol. The highest BCUT2D eigenvalue weighted by Gasteiger charge is 2.13.